The van der Waals surface area contributed by atoms with E-state index >= 15 is 0 Å². The Labute approximate surface area is 117 Å². The van der Waals surface area contributed by atoms with Crippen LogP contribution in [0.2, 0.25) is 0 Å². The summed E-state index contributed by atoms with van der Waals surface area (Å²) in [7, 11) is -3.77. The van der Waals surface area contributed by atoms with Crippen LogP contribution in [0.3, 0.4) is 0 Å². The Kier molecular flexibility index (Phi) is 4.14. The predicted octanol–water partition coefficient (Wildman–Crippen LogP) is 2.11. The molecule has 0 spiro atoms. The third-order valence-corrected chi connectivity index (χ3v) is 3.61. The maximum absolute atomic E-state index is 11.9. The molecule has 104 valence electrons. The van der Waals surface area contributed by atoms with Crippen LogP contribution in [0.1, 0.15) is 21.7 Å². The molecule has 0 unspecified atom stereocenters. The molecule has 0 radical (unpaired) electrons. The van der Waals surface area contributed by atoms with Crippen molar-refractivity contribution in [2.45, 2.75) is 12.7 Å². The van der Waals surface area contributed by atoms with Gasteiger partial charge >= 0.3 is 10.1 Å². The molecular formula is C14H13NO4S. The van der Waals surface area contributed by atoms with E-state index in [1.165, 1.54) is 12.1 Å². The fourth-order valence-electron chi connectivity index (χ4n) is 1.72. The van der Waals surface area contributed by atoms with Crippen LogP contribution in [0.25, 0.3) is 0 Å². The van der Waals surface area contributed by atoms with Crippen molar-refractivity contribution in [3.05, 3.63) is 59.4 Å². The molecule has 5 nitrogen and oxygen atoms in total. The van der Waals surface area contributed by atoms with Crippen molar-refractivity contribution >= 4 is 16.4 Å². The first-order valence-corrected chi connectivity index (χ1v) is 7.46. The molecule has 1 aromatic carbocycles. The summed E-state index contributed by atoms with van der Waals surface area (Å²) in [4.78, 5) is 14.6. The van der Waals surface area contributed by atoms with Gasteiger partial charge in [-0.2, -0.15) is 8.42 Å². The number of hydrogen-bond acceptors (Lipinski definition) is 5. The summed E-state index contributed by atoms with van der Waals surface area (Å²) in [6.07, 6.45) is 0.545. The smallest absolute Gasteiger partial charge is 0.313 e. The van der Waals surface area contributed by atoms with Crippen molar-refractivity contribution in [2.75, 3.05) is 0 Å². The van der Waals surface area contributed by atoms with E-state index in [4.69, 9.17) is 4.18 Å². The number of nitrogens with zero attached hydrogens (tertiary/aromatic N) is 1. The van der Waals surface area contributed by atoms with Crippen LogP contribution in [-0.2, 0) is 15.9 Å². The fraction of sp³-hybridized carbons (Fsp3) is 0.143. The van der Waals surface area contributed by atoms with Crippen molar-refractivity contribution < 1.29 is 17.4 Å². The molecule has 0 aliphatic carbocycles. The quantitative estimate of drug-likeness (QED) is 0.623. The molecule has 20 heavy (non-hydrogen) atoms. The zero-order chi connectivity index (χ0) is 14.6. The average molecular weight is 291 g/mol. The van der Waals surface area contributed by atoms with Crippen molar-refractivity contribution in [1.29, 1.82) is 0 Å². The molecule has 2 rings (SSSR count). The number of hydrogen-bond donors (Lipinski definition) is 0. The lowest BCUT2D eigenvalue weighted by atomic mass is 10.2. The Morgan fingerprint density at radius 3 is 2.55 bits per heavy atom. The second-order valence-corrected chi connectivity index (χ2v) is 5.83. The number of benzene rings is 1. The molecule has 0 saturated carbocycles. The standard InChI is InChI=1S/C14H13NO4S/c1-11-7-14(8-13(9-16)15-11)19-20(17,18)10-12-5-3-2-4-6-12/h2-9H,10H2,1H3. The number of carbonyl (C=O) groups is 1. The lowest BCUT2D eigenvalue weighted by molar-refractivity contribution is 0.111. The molecule has 0 aliphatic rings. The van der Waals surface area contributed by atoms with Gasteiger partial charge in [-0.3, -0.25) is 9.78 Å². The summed E-state index contributed by atoms with van der Waals surface area (Å²) in [5, 5.41) is 0. The van der Waals surface area contributed by atoms with Gasteiger partial charge in [0, 0.05) is 17.8 Å². The van der Waals surface area contributed by atoms with Gasteiger partial charge in [-0.1, -0.05) is 30.3 Å². The molecule has 1 aromatic heterocycles. The monoisotopic (exact) mass is 291 g/mol. The van der Waals surface area contributed by atoms with E-state index in [9.17, 15) is 13.2 Å². The lowest BCUT2D eigenvalue weighted by Crippen LogP contribution is -2.12. The van der Waals surface area contributed by atoms with Gasteiger partial charge in [-0.25, -0.2) is 0 Å². The van der Waals surface area contributed by atoms with Gasteiger partial charge in [0.25, 0.3) is 0 Å². The molecule has 0 N–H and O–H groups in total. The minimum Gasteiger partial charge on any atom is -0.382 e. The number of pyridine rings is 1. The third-order valence-electron chi connectivity index (χ3n) is 2.48. The Morgan fingerprint density at radius 2 is 1.90 bits per heavy atom. The maximum atomic E-state index is 11.9. The van der Waals surface area contributed by atoms with Crippen LogP contribution in [0.5, 0.6) is 5.75 Å². The highest BCUT2D eigenvalue weighted by Crippen LogP contribution is 2.17. The zero-order valence-electron chi connectivity index (χ0n) is 10.8. The van der Waals surface area contributed by atoms with Crippen molar-refractivity contribution in [1.82, 2.24) is 4.98 Å². The second-order valence-electron chi connectivity index (χ2n) is 4.26. The molecular weight excluding hydrogens is 278 g/mol. The number of rotatable bonds is 5. The summed E-state index contributed by atoms with van der Waals surface area (Å²) in [5.41, 5.74) is 1.28. The normalized spacial score (nSPS) is 11.1. The highest BCUT2D eigenvalue weighted by molar-refractivity contribution is 7.86. The van der Waals surface area contributed by atoms with Crippen LogP contribution in [0.4, 0.5) is 0 Å². The number of aldehydes is 1. The van der Waals surface area contributed by atoms with Gasteiger partial charge < -0.3 is 4.18 Å². The first-order chi connectivity index (χ1) is 9.48. The highest BCUT2D eigenvalue weighted by Gasteiger charge is 2.15. The molecule has 0 atom stereocenters. The Hall–Kier alpha value is -2.21. The summed E-state index contributed by atoms with van der Waals surface area (Å²) in [5.74, 6) is -0.137. The molecule has 6 heteroatoms. The van der Waals surface area contributed by atoms with Gasteiger partial charge in [0.05, 0.1) is 0 Å². The first kappa shape index (κ1) is 14.2. The lowest BCUT2D eigenvalue weighted by Gasteiger charge is -2.08. The number of aryl methyl sites for hydroxylation is 1. The summed E-state index contributed by atoms with van der Waals surface area (Å²) < 4.78 is 28.9. The van der Waals surface area contributed by atoms with E-state index in [1.54, 1.807) is 37.3 Å². The molecule has 2 aromatic rings. The molecule has 0 bridgehead atoms. The molecule has 0 aliphatic heterocycles. The summed E-state index contributed by atoms with van der Waals surface area (Å²) in [6, 6.07) is 11.5. The van der Waals surface area contributed by atoms with Crippen LogP contribution >= 0.6 is 0 Å². The minimum absolute atomic E-state index is 0.0931. The highest BCUT2D eigenvalue weighted by atomic mass is 32.2. The van der Waals surface area contributed by atoms with Gasteiger partial charge in [0.15, 0.2) is 6.29 Å². The third kappa shape index (κ3) is 3.89. The van der Waals surface area contributed by atoms with Gasteiger partial charge in [0.2, 0.25) is 0 Å². The van der Waals surface area contributed by atoms with Crippen LogP contribution < -0.4 is 4.18 Å². The van der Waals surface area contributed by atoms with Gasteiger partial charge in [-0.15, -0.1) is 0 Å². The molecule has 1 heterocycles. The van der Waals surface area contributed by atoms with Crippen LogP contribution in [-0.4, -0.2) is 19.7 Å². The molecule has 0 fully saturated rings. The Balaban J connectivity index is 2.20. The van der Waals surface area contributed by atoms with Crippen molar-refractivity contribution in [3.8, 4) is 5.75 Å². The number of aromatic nitrogens is 1. The number of carbonyl (C=O) groups excluding carboxylic acids is 1. The van der Waals surface area contributed by atoms with Gasteiger partial charge in [0.1, 0.15) is 17.2 Å². The first-order valence-electron chi connectivity index (χ1n) is 5.88. The molecule has 0 saturated heterocycles. The van der Waals surface area contributed by atoms with E-state index in [2.05, 4.69) is 4.98 Å². The zero-order valence-corrected chi connectivity index (χ0v) is 11.6. The Bertz CT molecular complexity index is 711. The SMILES string of the molecule is Cc1cc(OS(=O)(=O)Cc2ccccc2)cc(C=O)n1. The van der Waals surface area contributed by atoms with E-state index in [0.29, 0.717) is 17.5 Å². The maximum Gasteiger partial charge on any atom is 0.313 e. The summed E-state index contributed by atoms with van der Waals surface area (Å²) in [6.45, 7) is 1.66. The molecule has 0 amide bonds. The van der Waals surface area contributed by atoms with E-state index in [1.807, 2.05) is 0 Å². The van der Waals surface area contributed by atoms with Crippen LogP contribution in [0, 0.1) is 6.92 Å². The minimum atomic E-state index is -3.77. The van der Waals surface area contributed by atoms with E-state index < -0.39 is 10.1 Å². The second kappa shape index (κ2) is 5.83. The largest absolute Gasteiger partial charge is 0.382 e. The van der Waals surface area contributed by atoms with Crippen molar-refractivity contribution in [3.63, 3.8) is 0 Å². The van der Waals surface area contributed by atoms with Crippen molar-refractivity contribution in [2.24, 2.45) is 0 Å². The van der Waals surface area contributed by atoms with E-state index in [-0.39, 0.29) is 17.2 Å². The van der Waals surface area contributed by atoms with E-state index in [0.717, 1.165) is 0 Å². The average Bonchev–Trinajstić information content (AvgIpc) is 2.37. The topological polar surface area (TPSA) is 73.3 Å². The summed E-state index contributed by atoms with van der Waals surface area (Å²) >= 11 is 0. The van der Waals surface area contributed by atoms with Gasteiger partial charge in [-0.05, 0) is 12.5 Å². The van der Waals surface area contributed by atoms with Crippen LogP contribution in [0.15, 0.2) is 42.5 Å². The Morgan fingerprint density at radius 1 is 1.20 bits per heavy atom. The fourth-order valence-corrected chi connectivity index (χ4v) is 2.77. The predicted molar refractivity (Wildman–Crippen MR) is 74.1 cm³/mol.